The molecular formula is C22H17BrN6. The van der Waals surface area contributed by atoms with Gasteiger partial charge in [-0.15, -0.1) is 0 Å². The van der Waals surface area contributed by atoms with E-state index in [1.807, 2.05) is 60.7 Å². The highest BCUT2D eigenvalue weighted by molar-refractivity contribution is 9.10. The van der Waals surface area contributed by atoms with E-state index in [2.05, 4.69) is 38.4 Å². The largest absolute Gasteiger partial charge is 0.369 e. The number of nitrogens with one attached hydrogen (secondary N) is 1. The van der Waals surface area contributed by atoms with Gasteiger partial charge in [0, 0.05) is 16.4 Å². The molecule has 0 spiro atoms. The summed E-state index contributed by atoms with van der Waals surface area (Å²) in [4.78, 5) is 14.0. The van der Waals surface area contributed by atoms with Crippen LogP contribution in [0.2, 0.25) is 0 Å². The van der Waals surface area contributed by atoms with E-state index < -0.39 is 0 Å². The normalized spacial score (nSPS) is 11.2. The number of aromatic nitrogens is 4. The minimum absolute atomic E-state index is 0.358. The number of rotatable bonds is 4. The second kappa shape index (κ2) is 7.18. The van der Waals surface area contributed by atoms with Crippen LogP contribution in [-0.4, -0.2) is 19.5 Å². The number of fused-ring (bicyclic) bond motifs is 2. The number of imidazole rings is 1. The van der Waals surface area contributed by atoms with Crippen LogP contribution in [0.1, 0.15) is 5.56 Å². The molecule has 3 N–H and O–H groups in total. The van der Waals surface area contributed by atoms with Crippen LogP contribution in [0, 0.1) is 0 Å². The summed E-state index contributed by atoms with van der Waals surface area (Å²) >= 11 is 3.55. The minimum atomic E-state index is 0.358. The summed E-state index contributed by atoms with van der Waals surface area (Å²) in [7, 11) is 0. The molecule has 0 aliphatic carbocycles. The van der Waals surface area contributed by atoms with Crippen molar-refractivity contribution in [1.29, 1.82) is 0 Å². The van der Waals surface area contributed by atoms with Gasteiger partial charge in [-0.3, -0.25) is 0 Å². The Labute approximate surface area is 175 Å². The number of nitrogens with zero attached hydrogens (tertiary/aromatic N) is 4. The number of halogens is 1. The third-order valence-corrected chi connectivity index (χ3v) is 5.23. The molecule has 142 valence electrons. The zero-order valence-corrected chi connectivity index (χ0v) is 17.0. The molecule has 0 saturated carbocycles. The smallest absolute Gasteiger partial charge is 0.239 e. The highest BCUT2D eigenvalue weighted by atomic mass is 79.9. The van der Waals surface area contributed by atoms with Crippen molar-refractivity contribution < 1.29 is 0 Å². The fourth-order valence-corrected chi connectivity index (χ4v) is 3.72. The van der Waals surface area contributed by atoms with Gasteiger partial charge in [-0.2, -0.15) is 4.98 Å². The van der Waals surface area contributed by atoms with Crippen molar-refractivity contribution in [3.63, 3.8) is 0 Å². The van der Waals surface area contributed by atoms with Crippen molar-refractivity contribution in [2.75, 3.05) is 11.1 Å². The Morgan fingerprint density at radius 3 is 2.52 bits per heavy atom. The van der Waals surface area contributed by atoms with E-state index in [-0.39, 0.29) is 0 Å². The van der Waals surface area contributed by atoms with Crippen molar-refractivity contribution in [3.05, 3.63) is 82.8 Å². The van der Waals surface area contributed by atoms with Gasteiger partial charge >= 0.3 is 0 Å². The fraction of sp³-hybridized carbons (Fsp3) is 0.0455. The lowest BCUT2D eigenvalue weighted by Gasteiger charge is -2.13. The second-order valence-corrected chi connectivity index (χ2v) is 7.58. The molecule has 0 fully saturated rings. The Kier molecular flexibility index (Phi) is 4.37. The van der Waals surface area contributed by atoms with Gasteiger partial charge in [0.05, 0.1) is 16.6 Å². The van der Waals surface area contributed by atoms with Gasteiger partial charge in [-0.1, -0.05) is 58.4 Å². The molecular weight excluding hydrogens is 428 g/mol. The number of anilines is 2. The van der Waals surface area contributed by atoms with Gasteiger partial charge in [-0.05, 0) is 35.9 Å². The standard InChI is InChI=1S/C22H17BrN6/c23-15-10-11-17-16(12-15)20(25-13-14-6-2-1-3-7-14)28-22(27-17)29-19-9-5-4-8-18(19)26-21(29)24/h1-12H,13H2,(H2,24,26)(H,25,27,28). The number of hydrogen-bond acceptors (Lipinski definition) is 5. The first-order chi connectivity index (χ1) is 14.2. The van der Waals surface area contributed by atoms with Crippen LogP contribution in [0.25, 0.3) is 27.9 Å². The summed E-state index contributed by atoms with van der Waals surface area (Å²) in [6.45, 7) is 0.652. The molecule has 0 saturated heterocycles. The lowest BCUT2D eigenvalue weighted by atomic mass is 10.2. The molecule has 6 nitrogen and oxygen atoms in total. The summed E-state index contributed by atoms with van der Waals surface area (Å²) in [6, 6.07) is 23.9. The first kappa shape index (κ1) is 17.6. The first-order valence-corrected chi connectivity index (χ1v) is 9.97. The monoisotopic (exact) mass is 444 g/mol. The van der Waals surface area contributed by atoms with Crippen LogP contribution in [0.5, 0.6) is 0 Å². The quantitative estimate of drug-likeness (QED) is 0.410. The Bertz CT molecular complexity index is 1330. The van der Waals surface area contributed by atoms with Gasteiger partial charge < -0.3 is 11.1 Å². The predicted octanol–water partition coefficient (Wildman–Crippen LogP) is 4.93. The Balaban J connectivity index is 1.67. The molecule has 3 aromatic carbocycles. The minimum Gasteiger partial charge on any atom is -0.369 e. The average molecular weight is 445 g/mol. The maximum absolute atomic E-state index is 6.21. The van der Waals surface area contributed by atoms with Crippen molar-refractivity contribution >= 4 is 49.6 Å². The highest BCUT2D eigenvalue weighted by Gasteiger charge is 2.15. The summed E-state index contributed by atoms with van der Waals surface area (Å²) < 4.78 is 2.75. The van der Waals surface area contributed by atoms with E-state index in [9.17, 15) is 0 Å². The molecule has 0 radical (unpaired) electrons. The van der Waals surface area contributed by atoms with Crippen molar-refractivity contribution in [3.8, 4) is 5.95 Å². The zero-order chi connectivity index (χ0) is 19.8. The van der Waals surface area contributed by atoms with Gasteiger partial charge in [0.15, 0.2) is 0 Å². The van der Waals surface area contributed by atoms with E-state index in [0.717, 1.165) is 32.2 Å². The maximum atomic E-state index is 6.21. The van der Waals surface area contributed by atoms with Crippen LogP contribution in [0.3, 0.4) is 0 Å². The van der Waals surface area contributed by atoms with Crippen LogP contribution in [0.15, 0.2) is 77.3 Å². The Morgan fingerprint density at radius 2 is 1.66 bits per heavy atom. The van der Waals surface area contributed by atoms with E-state index in [1.165, 1.54) is 5.56 Å². The summed E-state index contributed by atoms with van der Waals surface area (Å²) in [6.07, 6.45) is 0. The molecule has 0 amide bonds. The molecule has 0 atom stereocenters. The number of para-hydroxylation sites is 2. The van der Waals surface area contributed by atoms with Crippen LogP contribution < -0.4 is 11.1 Å². The molecule has 5 rings (SSSR count). The first-order valence-electron chi connectivity index (χ1n) is 9.17. The lowest BCUT2D eigenvalue weighted by Crippen LogP contribution is -2.09. The van der Waals surface area contributed by atoms with Gasteiger partial charge in [-0.25, -0.2) is 14.5 Å². The molecule has 0 unspecified atom stereocenters. The lowest BCUT2D eigenvalue weighted by molar-refractivity contribution is 0.971. The van der Waals surface area contributed by atoms with E-state index >= 15 is 0 Å². The van der Waals surface area contributed by atoms with Crippen molar-refractivity contribution in [1.82, 2.24) is 19.5 Å². The maximum Gasteiger partial charge on any atom is 0.239 e. The van der Waals surface area contributed by atoms with Crippen LogP contribution >= 0.6 is 15.9 Å². The number of nitrogens with two attached hydrogens (primary N) is 1. The van der Waals surface area contributed by atoms with Gasteiger partial charge in [0.25, 0.3) is 0 Å². The van der Waals surface area contributed by atoms with Crippen LogP contribution in [-0.2, 0) is 6.54 Å². The molecule has 7 heteroatoms. The van der Waals surface area contributed by atoms with Crippen LogP contribution in [0.4, 0.5) is 11.8 Å². The Morgan fingerprint density at radius 1 is 0.862 bits per heavy atom. The molecule has 5 aromatic rings. The molecule has 2 aromatic heterocycles. The van der Waals surface area contributed by atoms with Gasteiger partial charge in [0.1, 0.15) is 5.82 Å². The molecule has 0 aliphatic rings. The highest BCUT2D eigenvalue weighted by Crippen LogP contribution is 2.28. The topological polar surface area (TPSA) is 81.6 Å². The van der Waals surface area contributed by atoms with Crippen molar-refractivity contribution in [2.24, 2.45) is 0 Å². The summed E-state index contributed by atoms with van der Waals surface area (Å²) in [5.41, 5.74) is 9.89. The van der Waals surface area contributed by atoms with E-state index in [4.69, 9.17) is 15.7 Å². The number of benzene rings is 3. The summed E-state index contributed by atoms with van der Waals surface area (Å²) in [5.74, 6) is 1.59. The SMILES string of the molecule is Nc1nc2ccccc2n1-c1nc(NCc2ccccc2)c2cc(Br)ccc2n1. The molecule has 2 heterocycles. The van der Waals surface area contributed by atoms with Gasteiger partial charge in [0.2, 0.25) is 11.9 Å². The van der Waals surface area contributed by atoms with E-state index in [1.54, 1.807) is 4.57 Å². The number of hydrogen-bond donors (Lipinski definition) is 2. The second-order valence-electron chi connectivity index (χ2n) is 6.67. The number of nitrogen functional groups attached to an aromatic ring is 1. The molecule has 0 bridgehead atoms. The molecule has 0 aliphatic heterocycles. The molecule has 29 heavy (non-hydrogen) atoms. The third-order valence-electron chi connectivity index (χ3n) is 4.74. The average Bonchev–Trinajstić information content (AvgIpc) is 3.08. The van der Waals surface area contributed by atoms with Crippen molar-refractivity contribution in [2.45, 2.75) is 6.54 Å². The fourth-order valence-electron chi connectivity index (χ4n) is 3.36. The Hall–Kier alpha value is -3.45. The predicted molar refractivity (Wildman–Crippen MR) is 120 cm³/mol. The summed E-state index contributed by atoms with van der Waals surface area (Å²) in [5, 5.41) is 4.39. The van der Waals surface area contributed by atoms with E-state index in [0.29, 0.717) is 18.4 Å². The third kappa shape index (κ3) is 3.30. The zero-order valence-electron chi connectivity index (χ0n) is 15.4.